The third-order valence-electron chi connectivity index (χ3n) is 3.83. The van der Waals surface area contributed by atoms with Crippen LogP contribution in [0.3, 0.4) is 0 Å². The van der Waals surface area contributed by atoms with Crippen molar-refractivity contribution in [2.75, 3.05) is 22.9 Å². The first-order chi connectivity index (χ1) is 10.9. The molecule has 3 rings (SSSR count). The van der Waals surface area contributed by atoms with Crippen LogP contribution in [0.4, 0.5) is 16.2 Å². The molecule has 1 saturated heterocycles. The first kappa shape index (κ1) is 15.5. The van der Waals surface area contributed by atoms with Crippen molar-refractivity contribution >= 4 is 27.4 Å². The number of primary sulfonamides is 1. The number of sulfonamides is 1. The molecule has 1 fully saturated rings. The fourth-order valence-electron chi connectivity index (χ4n) is 2.56. The molecule has 0 aliphatic carbocycles. The summed E-state index contributed by atoms with van der Waals surface area (Å²) in [6, 6.07) is 13.6. The Balaban J connectivity index is 1.83. The summed E-state index contributed by atoms with van der Waals surface area (Å²) < 4.78 is 22.6. The van der Waals surface area contributed by atoms with Gasteiger partial charge in [-0.25, -0.2) is 18.4 Å². The average molecular weight is 331 g/mol. The molecule has 0 aromatic heterocycles. The number of carbonyl (C=O) groups is 1. The second kappa shape index (κ2) is 5.68. The molecular formula is C16H17N3O3S. The van der Waals surface area contributed by atoms with Gasteiger partial charge in [0.1, 0.15) is 0 Å². The van der Waals surface area contributed by atoms with Gasteiger partial charge in [-0.15, -0.1) is 0 Å². The summed E-state index contributed by atoms with van der Waals surface area (Å²) >= 11 is 0. The maximum Gasteiger partial charge on any atom is 0.329 e. The third kappa shape index (κ3) is 3.06. The van der Waals surface area contributed by atoms with Crippen molar-refractivity contribution in [3.8, 4) is 0 Å². The molecule has 0 radical (unpaired) electrons. The molecule has 2 amide bonds. The molecule has 6 nitrogen and oxygen atoms in total. The number of aryl methyl sites for hydroxylation is 1. The van der Waals surface area contributed by atoms with Crippen molar-refractivity contribution in [2.45, 2.75) is 11.8 Å². The predicted octanol–water partition coefficient (Wildman–Crippen LogP) is 2.09. The van der Waals surface area contributed by atoms with Crippen LogP contribution in [0.5, 0.6) is 0 Å². The molecular weight excluding hydrogens is 314 g/mol. The van der Waals surface area contributed by atoms with Gasteiger partial charge < -0.3 is 0 Å². The van der Waals surface area contributed by atoms with Crippen LogP contribution < -0.4 is 14.9 Å². The van der Waals surface area contributed by atoms with Crippen LogP contribution in [0.25, 0.3) is 0 Å². The van der Waals surface area contributed by atoms with E-state index in [2.05, 4.69) is 0 Å². The summed E-state index contributed by atoms with van der Waals surface area (Å²) in [6.07, 6.45) is 0. The lowest BCUT2D eigenvalue weighted by molar-refractivity contribution is 0.256. The van der Waals surface area contributed by atoms with Crippen molar-refractivity contribution in [3.63, 3.8) is 0 Å². The van der Waals surface area contributed by atoms with Crippen LogP contribution in [0, 0.1) is 6.92 Å². The topological polar surface area (TPSA) is 83.7 Å². The standard InChI is InChI=1S/C16H17N3O3S/c1-12-2-4-13(5-3-12)18-10-11-19(16(18)20)14-6-8-15(9-7-14)23(17,21)22/h2-9H,10-11H2,1H3,(H2,17,21,22). The van der Waals surface area contributed by atoms with E-state index in [1.54, 1.807) is 21.9 Å². The van der Waals surface area contributed by atoms with Crippen molar-refractivity contribution in [3.05, 3.63) is 54.1 Å². The minimum Gasteiger partial charge on any atom is -0.292 e. The second-order valence-electron chi connectivity index (χ2n) is 5.46. The number of rotatable bonds is 3. The fourth-order valence-corrected chi connectivity index (χ4v) is 3.07. The van der Waals surface area contributed by atoms with Crippen LogP contribution in [-0.2, 0) is 10.0 Å². The molecule has 1 aliphatic rings. The quantitative estimate of drug-likeness (QED) is 0.934. The Bertz CT molecular complexity index is 830. The lowest BCUT2D eigenvalue weighted by atomic mass is 10.2. The van der Waals surface area contributed by atoms with Gasteiger partial charge in [0, 0.05) is 24.5 Å². The Morgan fingerprint density at radius 2 is 1.30 bits per heavy atom. The van der Waals surface area contributed by atoms with Crippen LogP contribution in [-0.4, -0.2) is 27.5 Å². The summed E-state index contributed by atoms with van der Waals surface area (Å²) in [7, 11) is -3.73. The van der Waals surface area contributed by atoms with E-state index < -0.39 is 10.0 Å². The summed E-state index contributed by atoms with van der Waals surface area (Å²) in [6.45, 7) is 3.12. The molecule has 2 aromatic carbocycles. The maximum atomic E-state index is 12.6. The van der Waals surface area contributed by atoms with E-state index in [9.17, 15) is 13.2 Å². The van der Waals surface area contributed by atoms with Crippen molar-refractivity contribution in [1.29, 1.82) is 0 Å². The average Bonchev–Trinajstić information content (AvgIpc) is 2.89. The summed E-state index contributed by atoms with van der Waals surface area (Å²) in [5.41, 5.74) is 2.64. The molecule has 2 aromatic rings. The van der Waals surface area contributed by atoms with Gasteiger partial charge in [0.25, 0.3) is 0 Å². The van der Waals surface area contributed by atoms with Gasteiger partial charge in [0.15, 0.2) is 0 Å². The molecule has 2 N–H and O–H groups in total. The number of amides is 2. The molecule has 23 heavy (non-hydrogen) atoms. The number of nitrogens with two attached hydrogens (primary N) is 1. The Kier molecular flexibility index (Phi) is 3.83. The van der Waals surface area contributed by atoms with E-state index in [1.807, 2.05) is 31.2 Å². The highest BCUT2D eigenvalue weighted by atomic mass is 32.2. The first-order valence-corrected chi connectivity index (χ1v) is 8.69. The van der Waals surface area contributed by atoms with Crippen LogP contribution in [0.15, 0.2) is 53.4 Å². The number of benzene rings is 2. The molecule has 1 heterocycles. The predicted molar refractivity (Wildman–Crippen MR) is 89.1 cm³/mol. The minimum absolute atomic E-state index is 0.0308. The number of urea groups is 1. The van der Waals surface area contributed by atoms with Gasteiger partial charge in [-0.1, -0.05) is 17.7 Å². The highest BCUT2D eigenvalue weighted by Crippen LogP contribution is 2.26. The zero-order chi connectivity index (χ0) is 16.6. The number of carbonyl (C=O) groups excluding carboxylic acids is 1. The molecule has 0 spiro atoms. The smallest absolute Gasteiger partial charge is 0.292 e. The molecule has 0 unspecified atom stereocenters. The lowest BCUT2D eigenvalue weighted by Gasteiger charge is -2.19. The third-order valence-corrected chi connectivity index (χ3v) is 4.76. The van der Waals surface area contributed by atoms with Crippen molar-refractivity contribution < 1.29 is 13.2 Å². The highest BCUT2D eigenvalue weighted by Gasteiger charge is 2.30. The second-order valence-corrected chi connectivity index (χ2v) is 7.02. The van der Waals surface area contributed by atoms with Crippen LogP contribution in [0.1, 0.15) is 5.56 Å². The van der Waals surface area contributed by atoms with Crippen LogP contribution in [0.2, 0.25) is 0 Å². The monoisotopic (exact) mass is 331 g/mol. The van der Waals surface area contributed by atoms with Gasteiger partial charge >= 0.3 is 6.03 Å². The summed E-state index contributed by atoms with van der Waals surface area (Å²) in [5.74, 6) is 0. The Labute approximate surface area is 135 Å². The largest absolute Gasteiger partial charge is 0.329 e. The Morgan fingerprint density at radius 1 is 0.870 bits per heavy atom. The molecule has 0 bridgehead atoms. The van der Waals surface area contributed by atoms with E-state index in [-0.39, 0.29) is 10.9 Å². The minimum atomic E-state index is -3.73. The molecule has 0 saturated carbocycles. The van der Waals surface area contributed by atoms with Gasteiger partial charge in [-0.3, -0.25) is 9.80 Å². The number of hydrogen-bond acceptors (Lipinski definition) is 3. The lowest BCUT2D eigenvalue weighted by Crippen LogP contribution is -2.31. The molecule has 120 valence electrons. The zero-order valence-electron chi connectivity index (χ0n) is 12.6. The van der Waals surface area contributed by atoms with E-state index in [4.69, 9.17) is 5.14 Å². The number of nitrogens with zero attached hydrogens (tertiary/aromatic N) is 2. The molecule has 0 atom stereocenters. The highest BCUT2D eigenvalue weighted by molar-refractivity contribution is 7.89. The van der Waals surface area contributed by atoms with E-state index >= 15 is 0 Å². The van der Waals surface area contributed by atoms with Crippen LogP contribution >= 0.6 is 0 Å². The number of hydrogen-bond donors (Lipinski definition) is 1. The Morgan fingerprint density at radius 3 is 1.74 bits per heavy atom. The maximum absolute atomic E-state index is 12.6. The van der Waals surface area contributed by atoms with Crippen molar-refractivity contribution in [2.24, 2.45) is 5.14 Å². The first-order valence-electron chi connectivity index (χ1n) is 7.15. The normalized spacial score (nSPS) is 15.3. The van der Waals surface area contributed by atoms with Gasteiger partial charge in [-0.2, -0.15) is 0 Å². The van der Waals surface area contributed by atoms with E-state index in [1.165, 1.54) is 12.1 Å². The van der Waals surface area contributed by atoms with E-state index in [0.29, 0.717) is 18.8 Å². The van der Waals surface area contributed by atoms with Gasteiger partial charge in [0.05, 0.1) is 4.90 Å². The number of anilines is 2. The van der Waals surface area contributed by atoms with E-state index in [0.717, 1.165) is 11.3 Å². The summed E-state index contributed by atoms with van der Waals surface area (Å²) in [4.78, 5) is 15.9. The van der Waals surface area contributed by atoms with Gasteiger partial charge in [-0.05, 0) is 43.3 Å². The fraction of sp³-hybridized carbons (Fsp3) is 0.188. The summed E-state index contributed by atoms with van der Waals surface area (Å²) in [5, 5.41) is 5.08. The Hall–Kier alpha value is -2.38. The molecule has 1 aliphatic heterocycles. The SMILES string of the molecule is Cc1ccc(N2CCN(c3ccc(S(N)(=O)=O)cc3)C2=O)cc1. The van der Waals surface area contributed by atoms with Crippen molar-refractivity contribution in [1.82, 2.24) is 0 Å². The molecule has 7 heteroatoms. The zero-order valence-corrected chi connectivity index (χ0v) is 13.5. The van der Waals surface area contributed by atoms with Gasteiger partial charge in [0.2, 0.25) is 10.0 Å².